The fourth-order valence-electron chi connectivity index (χ4n) is 2.34. The van der Waals surface area contributed by atoms with Gasteiger partial charge in [0.1, 0.15) is 6.73 Å². The smallest absolute Gasteiger partial charge is 0.140 e. The number of rotatable bonds is 6. The van der Waals surface area contributed by atoms with Crippen molar-refractivity contribution in [2.24, 2.45) is 0 Å². The Kier molecular flexibility index (Phi) is 3.78. The molecule has 0 unspecified atom stereocenters. The van der Waals surface area contributed by atoms with Crippen LogP contribution in [0.3, 0.4) is 0 Å². The van der Waals surface area contributed by atoms with Gasteiger partial charge in [-0.15, -0.1) is 0 Å². The highest BCUT2D eigenvalue weighted by Gasteiger charge is 2.23. The van der Waals surface area contributed by atoms with Crippen molar-refractivity contribution in [3.8, 4) is 0 Å². The third-order valence-electron chi connectivity index (χ3n) is 3.77. The van der Waals surface area contributed by atoms with Crippen molar-refractivity contribution >= 4 is 20.9 Å². The maximum Gasteiger partial charge on any atom is 0.140 e. The Morgan fingerprint density at radius 1 is 1.30 bits per heavy atom. The molecule has 4 heteroatoms. The van der Waals surface area contributed by atoms with E-state index in [-0.39, 0.29) is 0 Å². The van der Waals surface area contributed by atoms with Gasteiger partial charge in [-0.3, -0.25) is 0 Å². The molecule has 0 bridgehead atoms. The maximum atomic E-state index is 5.77. The van der Waals surface area contributed by atoms with Crippen LogP contribution in [-0.4, -0.2) is 40.9 Å². The van der Waals surface area contributed by atoms with Crippen molar-refractivity contribution in [1.82, 2.24) is 9.78 Å². The van der Waals surface area contributed by atoms with Gasteiger partial charge >= 0.3 is 0 Å². The summed E-state index contributed by atoms with van der Waals surface area (Å²) in [7, 11) is -0.471. The standard InChI is InChI=1S/C16H24N2OS/c1-20(2,3)9-8-19-12-18-16-7-6-14(13-4-5-13)10-15(16)11-17-18/h6-7,10-11,13H,4-5,8-9,12H2,1-3H3. The Morgan fingerprint density at radius 2 is 2.10 bits per heavy atom. The lowest BCUT2D eigenvalue weighted by atomic mass is 10.1. The Morgan fingerprint density at radius 3 is 2.80 bits per heavy atom. The largest absolute Gasteiger partial charge is 0.358 e. The van der Waals surface area contributed by atoms with Crippen LogP contribution in [0.2, 0.25) is 0 Å². The average molecular weight is 292 g/mol. The van der Waals surface area contributed by atoms with Gasteiger partial charge in [0.15, 0.2) is 0 Å². The van der Waals surface area contributed by atoms with Crippen LogP contribution in [0.5, 0.6) is 0 Å². The van der Waals surface area contributed by atoms with E-state index >= 15 is 0 Å². The van der Waals surface area contributed by atoms with E-state index in [1.54, 1.807) is 0 Å². The summed E-state index contributed by atoms with van der Waals surface area (Å²) in [5.74, 6) is 1.95. The Hall–Kier alpha value is -1.00. The lowest BCUT2D eigenvalue weighted by molar-refractivity contribution is 0.0841. The molecule has 2 aromatic rings. The molecule has 0 N–H and O–H groups in total. The third kappa shape index (κ3) is 3.36. The summed E-state index contributed by atoms with van der Waals surface area (Å²) in [6.45, 7) is 1.38. The molecule has 1 aromatic heterocycles. The molecule has 1 aliphatic rings. The Labute approximate surface area is 122 Å². The lowest BCUT2D eigenvalue weighted by Crippen LogP contribution is -2.10. The number of aromatic nitrogens is 2. The molecule has 1 saturated carbocycles. The van der Waals surface area contributed by atoms with Gasteiger partial charge < -0.3 is 4.74 Å². The molecule has 0 amide bonds. The van der Waals surface area contributed by atoms with E-state index in [2.05, 4.69) is 42.1 Å². The van der Waals surface area contributed by atoms with Gasteiger partial charge in [0, 0.05) is 11.1 Å². The first-order valence-corrected chi connectivity index (χ1v) is 10.2. The second kappa shape index (κ2) is 5.41. The molecule has 0 radical (unpaired) electrons. The predicted molar refractivity (Wildman–Crippen MR) is 87.9 cm³/mol. The minimum absolute atomic E-state index is 0.471. The van der Waals surface area contributed by atoms with Crippen LogP contribution < -0.4 is 0 Å². The molecular weight excluding hydrogens is 268 g/mol. The number of hydrogen-bond acceptors (Lipinski definition) is 2. The minimum Gasteiger partial charge on any atom is -0.358 e. The molecule has 1 aliphatic carbocycles. The quantitative estimate of drug-likeness (QED) is 0.761. The van der Waals surface area contributed by atoms with Crippen LogP contribution in [0.1, 0.15) is 24.3 Å². The fraction of sp³-hybridized carbons (Fsp3) is 0.562. The Balaban J connectivity index is 1.63. The van der Waals surface area contributed by atoms with Crippen molar-refractivity contribution < 1.29 is 4.74 Å². The van der Waals surface area contributed by atoms with Crippen LogP contribution in [0.25, 0.3) is 10.9 Å². The molecule has 20 heavy (non-hydrogen) atoms. The first-order valence-electron chi connectivity index (χ1n) is 7.22. The number of ether oxygens (including phenoxy) is 1. The van der Waals surface area contributed by atoms with Gasteiger partial charge in [-0.05, 0) is 55.2 Å². The highest BCUT2D eigenvalue weighted by Crippen LogP contribution is 2.40. The zero-order valence-electron chi connectivity index (χ0n) is 12.6. The number of hydrogen-bond donors (Lipinski definition) is 0. The van der Waals surface area contributed by atoms with E-state index < -0.39 is 10.0 Å². The van der Waals surface area contributed by atoms with Crippen molar-refractivity contribution in [3.63, 3.8) is 0 Å². The van der Waals surface area contributed by atoms with Crippen LogP contribution >= 0.6 is 10.0 Å². The van der Waals surface area contributed by atoms with Crippen molar-refractivity contribution in [2.75, 3.05) is 31.1 Å². The van der Waals surface area contributed by atoms with E-state index in [1.165, 1.54) is 29.3 Å². The SMILES string of the molecule is CS(C)(C)CCOCn1ncc2cc(C3CC3)ccc21. The van der Waals surface area contributed by atoms with E-state index in [0.717, 1.165) is 18.3 Å². The predicted octanol–water partition coefficient (Wildman–Crippen LogP) is 3.58. The van der Waals surface area contributed by atoms with Crippen molar-refractivity contribution in [2.45, 2.75) is 25.5 Å². The summed E-state index contributed by atoms with van der Waals surface area (Å²) in [5.41, 5.74) is 2.65. The molecule has 1 heterocycles. The zero-order valence-corrected chi connectivity index (χ0v) is 13.4. The highest BCUT2D eigenvalue weighted by atomic mass is 32.3. The van der Waals surface area contributed by atoms with Crippen LogP contribution in [-0.2, 0) is 11.5 Å². The van der Waals surface area contributed by atoms with Gasteiger partial charge in [0.2, 0.25) is 0 Å². The molecule has 0 aliphatic heterocycles. The second-order valence-corrected chi connectivity index (χ2v) is 11.2. The second-order valence-electron chi connectivity index (χ2n) is 6.57. The molecule has 3 rings (SSSR count). The summed E-state index contributed by atoms with van der Waals surface area (Å²) in [5, 5.41) is 5.68. The number of fused-ring (bicyclic) bond motifs is 1. The molecule has 0 atom stereocenters. The summed E-state index contributed by atoms with van der Waals surface area (Å²) in [6.07, 6.45) is 11.6. The van der Waals surface area contributed by atoms with E-state index in [0.29, 0.717) is 6.73 Å². The van der Waals surface area contributed by atoms with Gasteiger partial charge in [-0.1, -0.05) is 6.07 Å². The molecule has 1 fully saturated rings. The van der Waals surface area contributed by atoms with E-state index in [4.69, 9.17) is 4.74 Å². The van der Waals surface area contributed by atoms with Crippen LogP contribution in [0.4, 0.5) is 0 Å². The van der Waals surface area contributed by atoms with Gasteiger partial charge in [0.05, 0.1) is 18.3 Å². The van der Waals surface area contributed by atoms with Crippen molar-refractivity contribution in [1.29, 1.82) is 0 Å². The van der Waals surface area contributed by atoms with Crippen LogP contribution in [0, 0.1) is 0 Å². The number of benzene rings is 1. The highest BCUT2D eigenvalue weighted by molar-refractivity contribution is 8.32. The monoisotopic (exact) mass is 292 g/mol. The third-order valence-corrected chi connectivity index (χ3v) is 5.16. The van der Waals surface area contributed by atoms with Crippen molar-refractivity contribution in [3.05, 3.63) is 30.0 Å². The molecular formula is C16H24N2OS. The Bertz CT molecular complexity index is 596. The number of nitrogens with zero attached hydrogens (tertiary/aromatic N) is 2. The molecule has 0 saturated heterocycles. The summed E-state index contributed by atoms with van der Waals surface area (Å²) in [6, 6.07) is 6.72. The fourth-order valence-corrected chi connectivity index (χ4v) is 2.96. The van der Waals surface area contributed by atoms with Gasteiger partial charge in [-0.2, -0.15) is 5.10 Å². The zero-order chi connectivity index (χ0) is 14.2. The molecule has 1 aromatic carbocycles. The first-order chi connectivity index (χ1) is 9.53. The topological polar surface area (TPSA) is 27.1 Å². The van der Waals surface area contributed by atoms with Gasteiger partial charge in [-0.25, -0.2) is 14.7 Å². The maximum absolute atomic E-state index is 5.77. The van der Waals surface area contributed by atoms with Crippen LogP contribution in [0.15, 0.2) is 24.4 Å². The van der Waals surface area contributed by atoms with E-state index in [9.17, 15) is 0 Å². The average Bonchev–Trinajstić information content (AvgIpc) is 3.15. The first kappa shape index (κ1) is 14.0. The normalized spacial score (nSPS) is 16.8. The minimum atomic E-state index is -0.471. The van der Waals surface area contributed by atoms with Gasteiger partial charge in [0.25, 0.3) is 0 Å². The summed E-state index contributed by atoms with van der Waals surface area (Å²) < 4.78 is 7.74. The molecule has 0 spiro atoms. The molecule has 3 nitrogen and oxygen atoms in total. The molecule has 110 valence electrons. The lowest BCUT2D eigenvalue weighted by Gasteiger charge is -2.24. The van der Waals surface area contributed by atoms with E-state index in [1.807, 2.05) is 10.9 Å². The summed E-state index contributed by atoms with van der Waals surface area (Å²) >= 11 is 0. The summed E-state index contributed by atoms with van der Waals surface area (Å²) in [4.78, 5) is 0.